The Morgan fingerprint density at radius 2 is 2.25 bits per heavy atom. The second-order valence-corrected chi connectivity index (χ2v) is 3.55. The molecule has 1 fully saturated rings. The third-order valence-electron chi connectivity index (χ3n) is 2.53. The number of nitrogens with zero attached hydrogens (tertiary/aromatic N) is 3. The fourth-order valence-electron chi connectivity index (χ4n) is 1.68. The first kappa shape index (κ1) is 10.6. The quantitative estimate of drug-likeness (QED) is 0.717. The first-order valence-corrected chi connectivity index (χ1v) is 5.18. The van der Waals surface area contributed by atoms with E-state index < -0.39 is 0 Å². The van der Waals surface area contributed by atoms with Gasteiger partial charge in [0.25, 0.3) is 5.91 Å². The van der Waals surface area contributed by atoms with Gasteiger partial charge in [0.2, 0.25) is 0 Å². The van der Waals surface area contributed by atoms with Gasteiger partial charge < -0.3 is 10.2 Å². The summed E-state index contributed by atoms with van der Waals surface area (Å²) in [6.45, 7) is 2.92. The summed E-state index contributed by atoms with van der Waals surface area (Å²) in [5, 5.41) is 12.1. The number of aromatic nitrogens is 1. The summed E-state index contributed by atoms with van der Waals surface area (Å²) in [6, 6.07) is 5.26. The topological polar surface area (TPSA) is 69.0 Å². The van der Waals surface area contributed by atoms with E-state index in [2.05, 4.69) is 10.3 Å². The largest absolute Gasteiger partial charge is 0.335 e. The average molecular weight is 216 g/mol. The molecule has 0 saturated carbocycles. The molecule has 5 nitrogen and oxygen atoms in total. The number of piperazine rings is 1. The molecular weight excluding hydrogens is 204 g/mol. The molecule has 1 N–H and O–H groups in total. The summed E-state index contributed by atoms with van der Waals surface area (Å²) >= 11 is 0. The van der Waals surface area contributed by atoms with E-state index in [1.807, 2.05) is 6.07 Å². The highest BCUT2D eigenvalue weighted by Crippen LogP contribution is 2.08. The third-order valence-corrected chi connectivity index (χ3v) is 2.53. The molecule has 16 heavy (non-hydrogen) atoms. The lowest BCUT2D eigenvalue weighted by Crippen LogP contribution is -2.46. The second kappa shape index (κ2) is 4.73. The Hall–Kier alpha value is -1.93. The van der Waals surface area contributed by atoms with Gasteiger partial charge in [0.1, 0.15) is 11.8 Å². The minimum Gasteiger partial charge on any atom is -0.335 e. The Balaban J connectivity index is 2.23. The Labute approximate surface area is 93.7 Å². The molecule has 0 bridgehead atoms. The lowest BCUT2D eigenvalue weighted by Gasteiger charge is -2.27. The molecule has 0 radical (unpaired) electrons. The average Bonchev–Trinajstić information content (AvgIpc) is 2.39. The fraction of sp³-hybridized carbons (Fsp3) is 0.364. The molecule has 1 amide bonds. The molecule has 0 spiro atoms. The second-order valence-electron chi connectivity index (χ2n) is 3.55. The van der Waals surface area contributed by atoms with E-state index in [1.54, 1.807) is 17.0 Å². The monoisotopic (exact) mass is 216 g/mol. The van der Waals surface area contributed by atoms with E-state index in [1.165, 1.54) is 6.20 Å². The summed E-state index contributed by atoms with van der Waals surface area (Å²) in [6.07, 6.45) is 1.54. The molecule has 5 heteroatoms. The van der Waals surface area contributed by atoms with Crippen molar-refractivity contribution in [2.45, 2.75) is 0 Å². The highest BCUT2D eigenvalue weighted by molar-refractivity contribution is 5.94. The van der Waals surface area contributed by atoms with Crippen LogP contribution in [-0.2, 0) is 0 Å². The molecule has 2 heterocycles. The maximum atomic E-state index is 12.1. The third kappa shape index (κ3) is 2.02. The lowest BCUT2D eigenvalue weighted by molar-refractivity contribution is 0.0729. The molecule has 0 aromatic carbocycles. The smallest absolute Gasteiger partial charge is 0.273 e. The standard InChI is InChI=1S/C11H12N4O/c12-8-9-2-1-3-14-10(9)11(16)15-6-4-13-5-7-15/h1-3,13H,4-7H2. The SMILES string of the molecule is N#Cc1cccnc1C(=O)N1CCNCC1. The van der Waals surface area contributed by atoms with Gasteiger partial charge in [0.15, 0.2) is 0 Å². The number of nitriles is 1. The van der Waals surface area contributed by atoms with Gasteiger partial charge in [0.05, 0.1) is 5.56 Å². The van der Waals surface area contributed by atoms with Crippen LogP contribution < -0.4 is 5.32 Å². The van der Waals surface area contributed by atoms with Crippen molar-refractivity contribution in [3.8, 4) is 6.07 Å². The van der Waals surface area contributed by atoms with Crippen molar-refractivity contribution in [3.05, 3.63) is 29.6 Å². The highest BCUT2D eigenvalue weighted by Gasteiger charge is 2.21. The van der Waals surface area contributed by atoms with Gasteiger partial charge in [-0.3, -0.25) is 4.79 Å². The van der Waals surface area contributed by atoms with E-state index in [-0.39, 0.29) is 11.6 Å². The molecule has 0 unspecified atom stereocenters. The minimum atomic E-state index is -0.154. The maximum absolute atomic E-state index is 12.1. The summed E-state index contributed by atoms with van der Waals surface area (Å²) in [7, 11) is 0. The molecule has 1 aliphatic rings. The van der Waals surface area contributed by atoms with Gasteiger partial charge in [-0.05, 0) is 12.1 Å². The van der Waals surface area contributed by atoms with Crippen LogP contribution in [0.25, 0.3) is 0 Å². The minimum absolute atomic E-state index is 0.154. The van der Waals surface area contributed by atoms with Crippen LogP contribution in [0.3, 0.4) is 0 Å². The number of carbonyl (C=O) groups is 1. The molecule has 0 atom stereocenters. The zero-order chi connectivity index (χ0) is 11.4. The Morgan fingerprint density at radius 1 is 1.50 bits per heavy atom. The van der Waals surface area contributed by atoms with E-state index in [0.29, 0.717) is 18.7 Å². The van der Waals surface area contributed by atoms with Crippen molar-refractivity contribution >= 4 is 5.91 Å². The molecule has 1 aromatic rings. The first-order valence-electron chi connectivity index (χ1n) is 5.18. The summed E-state index contributed by atoms with van der Waals surface area (Å²) in [5.41, 5.74) is 0.595. The molecule has 1 aromatic heterocycles. The Morgan fingerprint density at radius 3 is 2.94 bits per heavy atom. The normalized spacial score (nSPS) is 15.6. The molecule has 1 aliphatic heterocycles. The summed E-state index contributed by atoms with van der Waals surface area (Å²) in [5.74, 6) is -0.154. The van der Waals surface area contributed by atoms with Crippen LogP contribution in [0.2, 0.25) is 0 Å². The fourth-order valence-corrected chi connectivity index (χ4v) is 1.68. The predicted octanol–water partition coefficient (Wildman–Crippen LogP) is -0.00132. The van der Waals surface area contributed by atoms with Crippen molar-refractivity contribution in [3.63, 3.8) is 0 Å². The lowest BCUT2D eigenvalue weighted by atomic mass is 10.2. The number of carbonyl (C=O) groups excluding carboxylic acids is 1. The number of hydrogen-bond donors (Lipinski definition) is 1. The van der Waals surface area contributed by atoms with Gasteiger partial charge in [-0.15, -0.1) is 0 Å². The number of pyridine rings is 1. The van der Waals surface area contributed by atoms with Crippen LogP contribution in [0.1, 0.15) is 16.1 Å². The van der Waals surface area contributed by atoms with Crippen LogP contribution in [0.4, 0.5) is 0 Å². The van der Waals surface area contributed by atoms with Gasteiger partial charge in [-0.2, -0.15) is 5.26 Å². The van der Waals surface area contributed by atoms with Crippen LogP contribution in [0.5, 0.6) is 0 Å². The van der Waals surface area contributed by atoms with Crippen molar-refractivity contribution in [2.24, 2.45) is 0 Å². The Bertz CT molecular complexity index is 432. The van der Waals surface area contributed by atoms with Gasteiger partial charge in [-0.1, -0.05) is 0 Å². The van der Waals surface area contributed by atoms with E-state index in [4.69, 9.17) is 5.26 Å². The molecular formula is C11H12N4O. The van der Waals surface area contributed by atoms with Gasteiger partial charge >= 0.3 is 0 Å². The number of amides is 1. The van der Waals surface area contributed by atoms with Crippen LogP contribution >= 0.6 is 0 Å². The number of rotatable bonds is 1. The molecule has 82 valence electrons. The highest BCUT2D eigenvalue weighted by atomic mass is 16.2. The van der Waals surface area contributed by atoms with Gasteiger partial charge in [-0.25, -0.2) is 4.98 Å². The van der Waals surface area contributed by atoms with Crippen molar-refractivity contribution in [1.29, 1.82) is 5.26 Å². The molecule has 0 aliphatic carbocycles. The summed E-state index contributed by atoms with van der Waals surface area (Å²) < 4.78 is 0. The van der Waals surface area contributed by atoms with Crippen molar-refractivity contribution in [2.75, 3.05) is 26.2 Å². The van der Waals surface area contributed by atoms with Crippen molar-refractivity contribution in [1.82, 2.24) is 15.2 Å². The van der Waals surface area contributed by atoms with Crippen LogP contribution in [-0.4, -0.2) is 42.0 Å². The van der Waals surface area contributed by atoms with E-state index in [9.17, 15) is 4.79 Å². The number of nitrogens with one attached hydrogen (secondary N) is 1. The zero-order valence-electron chi connectivity index (χ0n) is 8.81. The van der Waals surface area contributed by atoms with E-state index >= 15 is 0 Å². The van der Waals surface area contributed by atoms with Crippen LogP contribution in [0, 0.1) is 11.3 Å². The Kier molecular flexibility index (Phi) is 3.13. The van der Waals surface area contributed by atoms with Gasteiger partial charge in [0, 0.05) is 32.4 Å². The van der Waals surface area contributed by atoms with Crippen LogP contribution in [0.15, 0.2) is 18.3 Å². The van der Waals surface area contributed by atoms with E-state index in [0.717, 1.165) is 13.1 Å². The maximum Gasteiger partial charge on any atom is 0.273 e. The summed E-state index contributed by atoms with van der Waals surface area (Å²) in [4.78, 5) is 17.8. The number of hydrogen-bond acceptors (Lipinski definition) is 4. The zero-order valence-corrected chi connectivity index (χ0v) is 8.81. The molecule has 1 saturated heterocycles. The first-order chi connectivity index (χ1) is 7.83. The van der Waals surface area contributed by atoms with Crippen molar-refractivity contribution < 1.29 is 4.79 Å². The molecule has 2 rings (SSSR count). The predicted molar refractivity (Wildman–Crippen MR) is 57.7 cm³/mol.